The van der Waals surface area contributed by atoms with Gasteiger partial charge in [0.05, 0.1) is 17.5 Å². The molecular formula is C23H33N5O4. The fourth-order valence-electron chi connectivity index (χ4n) is 5.68. The summed E-state index contributed by atoms with van der Waals surface area (Å²) in [6, 6.07) is 2.04. The molecule has 5 rings (SSSR count). The van der Waals surface area contributed by atoms with Gasteiger partial charge in [0.15, 0.2) is 5.79 Å². The molecule has 1 saturated carbocycles. The second-order valence-corrected chi connectivity index (χ2v) is 10.6. The van der Waals surface area contributed by atoms with Crippen LogP contribution in [-0.4, -0.2) is 61.7 Å². The van der Waals surface area contributed by atoms with Crippen LogP contribution < -0.4 is 5.73 Å². The summed E-state index contributed by atoms with van der Waals surface area (Å²) in [7, 11) is 0. The molecule has 1 unspecified atom stereocenters. The monoisotopic (exact) mass is 443 g/mol. The Hall–Kier alpha value is -2.39. The Kier molecular flexibility index (Phi) is 4.90. The molecule has 5 atom stereocenters. The maximum atomic E-state index is 13.0. The van der Waals surface area contributed by atoms with Gasteiger partial charge < -0.3 is 29.4 Å². The van der Waals surface area contributed by atoms with Crippen LogP contribution in [0.2, 0.25) is 0 Å². The van der Waals surface area contributed by atoms with Crippen LogP contribution >= 0.6 is 0 Å². The first-order valence-electron chi connectivity index (χ1n) is 11.5. The number of anilines is 1. The van der Waals surface area contributed by atoms with Crippen molar-refractivity contribution < 1.29 is 19.0 Å². The fourth-order valence-corrected chi connectivity index (χ4v) is 5.68. The van der Waals surface area contributed by atoms with Gasteiger partial charge in [0, 0.05) is 24.7 Å². The lowest BCUT2D eigenvalue weighted by Crippen LogP contribution is -2.45. The van der Waals surface area contributed by atoms with Gasteiger partial charge in [-0.2, -0.15) is 0 Å². The van der Waals surface area contributed by atoms with Crippen LogP contribution in [0.4, 0.5) is 10.6 Å². The molecule has 32 heavy (non-hydrogen) atoms. The zero-order chi connectivity index (χ0) is 22.8. The Labute approximate surface area is 188 Å². The van der Waals surface area contributed by atoms with E-state index in [4.69, 9.17) is 19.9 Å². The van der Waals surface area contributed by atoms with Gasteiger partial charge in [0.2, 0.25) is 0 Å². The Morgan fingerprint density at radius 2 is 1.97 bits per heavy atom. The Balaban J connectivity index is 1.47. The number of amides is 1. The summed E-state index contributed by atoms with van der Waals surface area (Å²) in [5, 5.41) is 0.835. The third-order valence-electron chi connectivity index (χ3n) is 6.80. The highest BCUT2D eigenvalue weighted by molar-refractivity contribution is 5.86. The number of hydrogen-bond donors (Lipinski definition) is 1. The van der Waals surface area contributed by atoms with E-state index in [1.807, 2.05) is 51.8 Å². The van der Waals surface area contributed by atoms with Gasteiger partial charge in [-0.1, -0.05) is 0 Å². The average Bonchev–Trinajstić information content (AvgIpc) is 3.42. The SMILES string of the molecule is CC(C)(C)OC(=O)N1CCCC1[C@H]1C[C@@H](n2ccc3c(N)ncnc32)[C@@H]2OC(C)(C)O[C@@H]21. The van der Waals surface area contributed by atoms with Crippen molar-refractivity contribution in [2.24, 2.45) is 5.92 Å². The van der Waals surface area contributed by atoms with Crippen LogP contribution in [0.1, 0.15) is 59.9 Å². The number of rotatable bonds is 2. The molecule has 2 aliphatic heterocycles. The number of ether oxygens (including phenoxy) is 3. The normalized spacial score (nSPS) is 31.9. The zero-order valence-corrected chi connectivity index (χ0v) is 19.4. The van der Waals surface area contributed by atoms with E-state index in [0.717, 1.165) is 30.3 Å². The molecule has 9 nitrogen and oxygen atoms in total. The number of fused-ring (bicyclic) bond motifs is 2. The molecule has 2 N–H and O–H groups in total. The van der Waals surface area contributed by atoms with Gasteiger partial charge in [-0.3, -0.25) is 0 Å². The van der Waals surface area contributed by atoms with Crippen LogP contribution in [-0.2, 0) is 14.2 Å². The van der Waals surface area contributed by atoms with Crippen molar-refractivity contribution in [3.05, 3.63) is 18.6 Å². The molecule has 2 aromatic rings. The van der Waals surface area contributed by atoms with E-state index in [9.17, 15) is 4.79 Å². The maximum Gasteiger partial charge on any atom is 0.410 e. The third-order valence-corrected chi connectivity index (χ3v) is 6.80. The highest BCUT2D eigenvalue weighted by atomic mass is 16.8. The van der Waals surface area contributed by atoms with Gasteiger partial charge >= 0.3 is 6.09 Å². The largest absolute Gasteiger partial charge is 0.444 e. The van der Waals surface area contributed by atoms with Crippen LogP contribution in [0.25, 0.3) is 11.0 Å². The number of nitrogens with two attached hydrogens (primary N) is 1. The molecule has 9 heteroatoms. The van der Waals surface area contributed by atoms with E-state index in [1.165, 1.54) is 6.33 Å². The number of carbonyl (C=O) groups is 1. The Morgan fingerprint density at radius 1 is 1.22 bits per heavy atom. The van der Waals surface area contributed by atoms with E-state index in [0.29, 0.717) is 12.4 Å². The van der Waals surface area contributed by atoms with E-state index in [2.05, 4.69) is 14.5 Å². The molecule has 4 heterocycles. The molecule has 0 aromatic carbocycles. The highest BCUT2D eigenvalue weighted by Crippen LogP contribution is 2.51. The lowest BCUT2D eigenvalue weighted by atomic mass is 9.93. The number of carbonyl (C=O) groups excluding carboxylic acids is 1. The predicted molar refractivity (Wildman–Crippen MR) is 119 cm³/mol. The van der Waals surface area contributed by atoms with Gasteiger partial charge in [-0.25, -0.2) is 14.8 Å². The molecule has 3 aliphatic rings. The molecular weight excluding hydrogens is 410 g/mol. The topological polar surface area (TPSA) is 105 Å². The second kappa shape index (κ2) is 7.31. The van der Waals surface area contributed by atoms with Gasteiger partial charge in [0.1, 0.15) is 29.5 Å². The standard InChI is InChI=1S/C23H33N5O4/c1-22(2,3)32-21(29)28-9-6-7-15(28)14-11-16(18-17(14)30-23(4,5)31-18)27-10-8-13-19(24)25-12-26-20(13)27/h8,10,12,14-18H,6-7,9,11H2,1-5H3,(H2,24,25,26)/t14-,15?,16-,17-,18+/m1/s1. The summed E-state index contributed by atoms with van der Waals surface area (Å²) in [4.78, 5) is 23.5. The summed E-state index contributed by atoms with van der Waals surface area (Å²) >= 11 is 0. The lowest BCUT2D eigenvalue weighted by Gasteiger charge is -2.34. The summed E-state index contributed by atoms with van der Waals surface area (Å²) < 4.78 is 20.7. The summed E-state index contributed by atoms with van der Waals surface area (Å²) in [6.45, 7) is 10.3. The molecule has 1 aliphatic carbocycles. The minimum absolute atomic E-state index is 0.0275. The fraction of sp³-hybridized carbons (Fsp3) is 0.696. The highest BCUT2D eigenvalue weighted by Gasteiger charge is 2.58. The minimum Gasteiger partial charge on any atom is -0.444 e. The van der Waals surface area contributed by atoms with E-state index in [-0.39, 0.29) is 36.3 Å². The molecule has 0 spiro atoms. The maximum absolute atomic E-state index is 13.0. The first-order valence-corrected chi connectivity index (χ1v) is 11.5. The second-order valence-electron chi connectivity index (χ2n) is 10.6. The number of nitrogens with zero attached hydrogens (tertiary/aromatic N) is 4. The first-order chi connectivity index (χ1) is 15.0. The third kappa shape index (κ3) is 3.61. The van der Waals surface area contributed by atoms with E-state index < -0.39 is 11.4 Å². The van der Waals surface area contributed by atoms with Gasteiger partial charge in [-0.05, 0) is 59.9 Å². The van der Waals surface area contributed by atoms with Crippen LogP contribution in [0.5, 0.6) is 0 Å². The molecule has 3 fully saturated rings. The van der Waals surface area contributed by atoms with Gasteiger partial charge in [0.25, 0.3) is 0 Å². The van der Waals surface area contributed by atoms with Crippen molar-refractivity contribution in [1.82, 2.24) is 19.4 Å². The minimum atomic E-state index is -0.682. The van der Waals surface area contributed by atoms with Crippen LogP contribution in [0.3, 0.4) is 0 Å². The molecule has 0 bridgehead atoms. The number of nitrogen functional groups attached to an aromatic ring is 1. The van der Waals surface area contributed by atoms with Crippen molar-refractivity contribution in [2.45, 2.75) is 89.6 Å². The van der Waals surface area contributed by atoms with Gasteiger partial charge in [-0.15, -0.1) is 0 Å². The number of hydrogen-bond acceptors (Lipinski definition) is 7. The quantitative estimate of drug-likeness (QED) is 0.757. The summed E-state index contributed by atoms with van der Waals surface area (Å²) in [5.41, 5.74) is 6.34. The average molecular weight is 444 g/mol. The first kappa shape index (κ1) is 21.5. The van der Waals surface area contributed by atoms with Crippen molar-refractivity contribution in [3.8, 4) is 0 Å². The van der Waals surface area contributed by atoms with Crippen molar-refractivity contribution >= 4 is 22.9 Å². The number of likely N-dealkylation sites (tertiary alicyclic amines) is 1. The Bertz CT molecular complexity index is 1030. The predicted octanol–water partition coefficient (Wildman–Crippen LogP) is 3.49. The van der Waals surface area contributed by atoms with Crippen LogP contribution in [0.15, 0.2) is 18.6 Å². The molecule has 1 amide bonds. The summed E-state index contributed by atoms with van der Waals surface area (Å²) in [6.07, 6.45) is 5.73. The lowest BCUT2D eigenvalue weighted by molar-refractivity contribution is -0.162. The van der Waals surface area contributed by atoms with Crippen molar-refractivity contribution in [3.63, 3.8) is 0 Å². The van der Waals surface area contributed by atoms with Crippen LogP contribution in [0, 0.1) is 5.92 Å². The smallest absolute Gasteiger partial charge is 0.410 e. The van der Waals surface area contributed by atoms with E-state index in [1.54, 1.807) is 0 Å². The molecule has 2 saturated heterocycles. The molecule has 0 radical (unpaired) electrons. The Morgan fingerprint density at radius 3 is 2.72 bits per heavy atom. The summed E-state index contributed by atoms with van der Waals surface area (Å²) in [5.74, 6) is -0.0763. The zero-order valence-electron chi connectivity index (χ0n) is 19.4. The van der Waals surface area contributed by atoms with E-state index >= 15 is 0 Å². The molecule has 2 aromatic heterocycles. The number of aromatic nitrogens is 3. The molecule has 174 valence electrons. The van der Waals surface area contributed by atoms with Crippen molar-refractivity contribution in [1.29, 1.82) is 0 Å². The van der Waals surface area contributed by atoms with Crippen molar-refractivity contribution in [2.75, 3.05) is 12.3 Å².